The van der Waals surface area contributed by atoms with Crippen LogP contribution in [0.5, 0.6) is 0 Å². The maximum absolute atomic E-state index is 4.40. The molecule has 0 saturated carbocycles. The Morgan fingerprint density at radius 1 is 1.50 bits per heavy atom. The van der Waals surface area contributed by atoms with Crippen LogP contribution in [0.1, 0.15) is 18.4 Å². The van der Waals surface area contributed by atoms with Gasteiger partial charge in [0.15, 0.2) is 0 Å². The zero-order chi connectivity index (χ0) is 12.5. The summed E-state index contributed by atoms with van der Waals surface area (Å²) in [4.78, 5) is 0. The molecule has 0 bridgehead atoms. The van der Waals surface area contributed by atoms with Gasteiger partial charge in [-0.15, -0.1) is 0 Å². The Bertz CT molecular complexity index is 555. The van der Waals surface area contributed by atoms with E-state index in [1.807, 2.05) is 11.7 Å². The van der Waals surface area contributed by atoms with Crippen LogP contribution in [0.3, 0.4) is 0 Å². The molecule has 1 aliphatic rings. The maximum atomic E-state index is 4.40. The Morgan fingerprint density at radius 2 is 2.39 bits per heavy atom. The predicted molar refractivity (Wildman–Crippen MR) is 77.7 cm³/mol. The van der Waals surface area contributed by atoms with Crippen molar-refractivity contribution >= 4 is 26.8 Å². The fourth-order valence-corrected chi connectivity index (χ4v) is 3.39. The molecule has 0 amide bonds. The fourth-order valence-electron chi connectivity index (χ4n) is 2.82. The number of hydrogen-bond donors (Lipinski definition) is 1. The lowest BCUT2D eigenvalue weighted by atomic mass is 9.92. The highest BCUT2D eigenvalue weighted by Gasteiger charge is 2.14. The van der Waals surface area contributed by atoms with E-state index in [0.29, 0.717) is 0 Å². The van der Waals surface area contributed by atoms with Gasteiger partial charge in [0, 0.05) is 12.4 Å². The fraction of sp³-hybridized carbons (Fsp3) is 0.500. The first-order chi connectivity index (χ1) is 8.74. The van der Waals surface area contributed by atoms with Gasteiger partial charge in [0.25, 0.3) is 0 Å². The van der Waals surface area contributed by atoms with Gasteiger partial charge in [-0.2, -0.15) is 5.10 Å². The summed E-state index contributed by atoms with van der Waals surface area (Å²) in [6, 6.07) is 6.70. The SMILES string of the molecule is Cn1nc(Br)c2ccc(CC3CCCNC3)cc21. The lowest BCUT2D eigenvalue weighted by molar-refractivity contribution is 0.376. The highest BCUT2D eigenvalue weighted by Crippen LogP contribution is 2.25. The number of aryl methyl sites for hydroxylation is 1. The zero-order valence-corrected chi connectivity index (χ0v) is 12.2. The van der Waals surface area contributed by atoms with E-state index < -0.39 is 0 Å². The average molecular weight is 308 g/mol. The van der Waals surface area contributed by atoms with Gasteiger partial charge in [-0.1, -0.05) is 6.07 Å². The summed E-state index contributed by atoms with van der Waals surface area (Å²) in [5.74, 6) is 0.785. The van der Waals surface area contributed by atoms with Crippen molar-refractivity contribution in [3.8, 4) is 0 Å². The summed E-state index contributed by atoms with van der Waals surface area (Å²) in [6.07, 6.45) is 3.83. The monoisotopic (exact) mass is 307 g/mol. The third kappa shape index (κ3) is 2.31. The number of benzene rings is 1. The molecular formula is C14H18BrN3. The first-order valence-electron chi connectivity index (χ1n) is 6.56. The Kier molecular flexibility index (Phi) is 3.39. The predicted octanol–water partition coefficient (Wildman–Crippen LogP) is 2.88. The average Bonchev–Trinajstić information content (AvgIpc) is 2.66. The van der Waals surface area contributed by atoms with E-state index in [1.54, 1.807) is 0 Å². The highest BCUT2D eigenvalue weighted by molar-refractivity contribution is 9.10. The molecule has 1 atom stereocenters. The number of fused-ring (bicyclic) bond motifs is 1. The van der Waals surface area contributed by atoms with E-state index in [-0.39, 0.29) is 0 Å². The molecule has 3 rings (SSSR count). The number of halogens is 1. The van der Waals surface area contributed by atoms with Crippen LogP contribution in [0.15, 0.2) is 22.8 Å². The smallest absolute Gasteiger partial charge is 0.135 e. The van der Waals surface area contributed by atoms with Gasteiger partial charge in [0.05, 0.1) is 5.52 Å². The standard InChI is InChI=1S/C14H18BrN3/c1-18-13-8-10(4-5-12(13)14(15)17-18)7-11-3-2-6-16-9-11/h4-5,8,11,16H,2-3,6-7,9H2,1H3. The molecule has 1 aromatic heterocycles. The van der Waals surface area contributed by atoms with Crippen LogP contribution >= 0.6 is 15.9 Å². The molecular weight excluding hydrogens is 290 g/mol. The third-order valence-electron chi connectivity index (χ3n) is 3.79. The Hall–Kier alpha value is -0.870. The first kappa shape index (κ1) is 12.2. The number of nitrogens with one attached hydrogen (secondary N) is 1. The zero-order valence-electron chi connectivity index (χ0n) is 10.6. The molecule has 0 radical (unpaired) electrons. The second-order valence-corrected chi connectivity index (χ2v) is 5.93. The van der Waals surface area contributed by atoms with E-state index in [9.17, 15) is 0 Å². The maximum Gasteiger partial charge on any atom is 0.135 e. The van der Waals surface area contributed by atoms with Gasteiger partial charge in [0.1, 0.15) is 4.60 Å². The van der Waals surface area contributed by atoms with Gasteiger partial charge < -0.3 is 5.32 Å². The van der Waals surface area contributed by atoms with Crippen LogP contribution in [0.2, 0.25) is 0 Å². The van der Waals surface area contributed by atoms with E-state index in [0.717, 1.165) is 17.1 Å². The minimum absolute atomic E-state index is 0.785. The summed E-state index contributed by atoms with van der Waals surface area (Å²) >= 11 is 3.50. The number of rotatable bonds is 2. The van der Waals surface area contributed by atoms with Gasteiger partial charge in [-0.05, 0) is 71.9 Å². The van der Waals surface area contributed by atoms with Crippen molar-refractivity contribution in [2.24, 2.45) is 13.0 Å². The molecule has 2 heterocycles. The van der Waals surface area contributed by atoms with Crippen molar-refractivity contribution < 1.29 is 0 Å². The quantitative estimate of drug-likeness (QED) is 0.924. The number of aromatic nitrogens is 2. The molecule has 1 saturated heterocycles. The van der Waals surface area contributed by atoms with Crippen molar-refractivity contribution in [2.75, 3.05) is 13.1 Å². The normalized spacial score (nSPS) is 20.4. The van der Waals surface area contributed by atoms with E-state index in [1.165, 1.54) is 42.3 Å². The van der Waals surface area contributed by atoms with Crippen LogP contribution in [0.4, 0.5) is 0 Å². The highest BCUT2D eigenvalue weighted by atomic mass is 79.9. The Balaban J connectivity index is 1.86. The summed E-state index contributed by atoms with van der Waals surface area (Å²) in [7, 11) is 2.00. The van der Waals surface area contributed by atoms with E-state index in [4.69, 9.17) is 0 Å². The first-order valence-corrected chi connectivity index (χ1v) is 7.35. The second kappa shape index (κ2) is 5.02. The molecule has 4 heteroatoms. The molecule has 96 valence electrons. The Morgan fingerprint density at radius 3 is 3.17 bits per heavy atom. The molecule has 0 aliphatic carbocycles. The molecule has 1 aromatic carbocycles. The van der Waals surface area contributed by atoms with Crippen molar-refractivity contribution in [2.45, 2.75) is 19.3 Å². The summed E-state index contributed by atoms with van der Waals surface area (Å²) in [6.45, 7) is 2.34. The number of hydrogen-bond acceptors (Lipinski definition) is 2. The molecule has 1 aliphatic heterocycles. The van der Waals surface area contributed by atoms with Gasteiger partial charge in [-0.25, -0.2) is 0 Å². The summed E-state index contributed by atoms with van der Waals surface area (Å²) in [5, 5.41) is 9.08. The molecule has 2 aromatic rings. The van der Waals surface area contributed by atoms with Crippen LogP contribution in [-0.2, 0) is 13.5 Å². The van der Waals surface area contributed by atoms with Gasteiger partial charge in [-0.3, -0.25) is 4.68 Å². The third-order valence-corrected chi connectivity index (χ3v) is 4.38. The molecule has 0 spiro atoms. The van der Waals surface area contributed by atoms with Crippen molar-refractivity contribution in [3.63, 3.8) is 0 Å². The molecule has 1 fully saturated rings. The van der Waals surface area contributed by atoms with Crippen molar-refractivity contribution in [1.82, 2.24) is 15.1 Å². The minimum Gasteiger partial charge on any atom is -0.316 e. The van der Waals surface area contributed by atoms with Crippen LogP contribution in [0.25, 0.3) is 10.9 Å². The van der Waals surface area contributed by atoms with Crippen LogP contribution in [0, 0.1) is 5.92 Å². The lowest BCUT2D eigenvalue weighted by Crippen LogP contribution is -2.30. The topological polar surface area (TPSA) is 29.9 Å². The summed E-state index contributed by atoms with van der Waals surface area (Å²) in [5.41, 5.74) is 2.63. The summed E-state index contributed by atoms with van der Waals surface area (Å²) < 4.78 is 2.88. The van der Waals surface area contributed by atoms with Crippen LogP contribution < -0.4 is 5.32 Å². The molecule has 3 nitrogen and oxygen atoms in total. The minimum atomic E-state index is 0.785. The Labute approximate surface area is 116 Å². The van der Waals surface area contributed by atoms with Crippen LogP contribution in [-0.4, -0.2) is 22.9 Å². The van der Waals surface area contributed by atoms with Crippen molar-refractivity contribution in [1.29, 1.82) is 0 Å². The van der Waals surface area contributed by atoms with Crippen molar-refractivity contribution in [3.05, 3.63) is 28.4 Å². The van der Waals surface area contributed by atoms with E-state index >= 15 is 0 Å². The number of nitrogens with zero attached hydrogens (tertiary/aromatic N) is 2. The largest absolute Gasteiger partial charge is 0.316 e. The number of piperidine rings is 1. The second-order valence-electron chi connectivity index (χ2n) is 5.18. The van der Waals surface area contributed by atoms with E-state index in [2.05, 4.69) is 44.5 Å². The lowest BCUT2D eigenvalue weighted by Gasteiger charge is -2.22. The molecule has 18 heavy (non-hydrogen) atoms. The van der Waals surface area contributed by atoms with Gasteiger partial charge >= 0.3 is 0 Å². The molecule has 1 unspecified atom stereocenters. The molecule has 1 N–H and O–H groups in total. The van der Waals surface area contributed by atoms with Gasteiger partial charge in [0.2, 0.25) is 0 Å².